The van der Waals surface area contributed by atoms with Crippen molar-refractivity contribution in [3.63, 3.8) is 0 Å². The molecule has 3 nitrogen and oxygen atoms in total. The minimum atomic E-state index is -0.427. The first-order chi connectivity index (χ1) is 8.50. The fourth-order valence-electron chi connectivity index (χ4n) is 1.66. The van der Waals surface area contributed by atoms with Gasteiger partial charge >= 0.3 is 0 Å². The second kappa shape index (κ2) is 7.34. The van der Waals surface area contributed by atoms with E-state index in [2.05, 4.69) is 19.2 Å². The van der Waals surface area contributed by atoms with Crippen molar-refractivity contribution in [2.45, 2.75) is 26.8 Å². The molecule has 0 heterocycles. The monoisotopic (exact) mass is 255 g/mol. The second-order valence-electron chi connectivity index (χ2n) is 4.85. The van der Waals surface area contributed by atoms with Gasteiger partial charge in [-0.3, -0.25) is 0 Å². The number of rotatable bonds is 7. The van der Waals surface area contributed by atoms with Crippen LogP contribution in [0.15, 0.2) is 18.2 Å². The molecule has 1 unspecified atom stereocenters. The maximum atomic E-state index is 12.8. The molecule has 0 aliphatic rings. The van der Waals surface area contributed by atoms with Gasteiger partial charge in [-0.15, -0.1) is 0 Å². The predicted molar refractivity (Wildman–Crippen MR) is 70.1 cm³/mol. The molecular formula is C14H22FNO2. The normalized spacial score (nSPS) is 12.9. The van der Waals surface area contributed by atoms with E-state index in [1.54, 1.807) is 6.07 Å². The van der Waals surface area contributed by atoms with E-state index in [1.165, 1.54) is 6.07 Å². The number of phenolic OH excluding ortho intramolecular Hbond substituents is 1. The highest BCUT2D eigenvalue weighted by molar-refractivity contribution is 5.34. The van der Waals surface area contributed by atoms with Gasteiger partial charge in [-0.05, 0) is 18.9 Å². The molecule has 0 aromatic heterocycles. The lowest BCUT2D eigenvalue weighted by molar-refractivity contribution is 0.110. The largest absolute Gasteiger partial charge is 0.508 e. The third-order valence-corrected chi connectivity index (χ3v) is 2.61. The van der Waals surface area contributed by atoms with Crippen LogP contribution >= 0.6 is 0 Å². The molecule has 1 rings (SSSR count). The fourth-order valence-corrected chi connectivity index (χ4v) is 1.66. The summed E-state index contributed by atoms with van der Waals surface area (Å²) in [6, 6.07) is 4.04. The molecule has 0 saturated carbocycles. The zero-order valence-corrected chi connectivity index (χ0v) is 11.2. The molecule has 2 N–H and O–H groups in total. The Morgan fingerprint density at radius 3 is 2.67 bits per heavy atom. The smallest absolute Gasteiger partial charge is 0.126 e. The summed E-state index contributed by atoms with van der Waals surface area (Å²) in [5.41, 5.74) is 0.695. The van der Waals surface area contributed by atoms with Crippen LogP contribution in [0.25, 0.3) is 0 Å². The van der Waals surface area contributed by atoms with E-state index in [9.17, 15) is 9.50 Å². The lowest BCUT2D eigenvalue weighted by Gasteiger charge is -2.16. The Morgan fingerprint density at radius 1 is 1.33 bits per heavy atom. The van der Waals surface area contributed by atoms with Crippen LogP contribution in [-0.4, -0.2) is 24.9 Å². The molecule has 4 heteroatoms. The van der Waals surface area contributed by atoms with E-state index < -0.39 is 5.82 Å². The third-order valence-electron chi connectivity index (χ3n) is 2.61. The van der Waals surface area contributed by atoms with Gasteiger partial charge in [0.25, 0.3) is 0 Å². The number of hydrogen-bond donors (Lipinski definition) is 2. The van der Waals surface area contributed by atoms with E-state index in [0.717, 1.165) is 12.7 Å². The number of benzene rings is 1. The van der Waals surface area contributed by atoms with Crippen molar-refractivity contribution in [2.24, 2.45) is 5.92 Å². The van der Waals surface area contributed by atoms with Crippen molar-refractivity contribution in [3.05, 3.63) is 29.6 Å². The van der Waals surface area contributed by atoms with Crippen molar-refractivity contribution < 1.29 is 14.2 Å². The van der Waals surface area contributed by atoms with Gasteiger partial charge in [0.05, 0.1) is 6.61 Å². The number of nitrogens with one attached hydrogen (secondary N) is 1. The Balaban J connectivity index is 2.34. The van der Waals surface area contributed by atoms with Gasteiger partial charge in [-0.2, -0.15) is 0 Å². The average molecular weight is 255 g/mol. The van der Waals surface area contributed by atoms with Gasteiger partial charge in [-0.1, -0.05) is 19.9 Å². The minimum Gasteiger partial charge on any atom is -0.508 e. The highest BCUT2D eigenvalue weighted by Gasteiger charge is 2.10. The van der Waals surface area contributed by atoms with Crippen molar-refractivity contribution in [3.8, 4) is 5.75 Å². The van der Waals surface area contributed by atoms with Gasteiger partial charge in [0.1, 0.15) is 11.6 Å². The van der Waals surface area contributed by atoms with Crippen LogP contribution in [-0.2, 0) is 4.74 Å². The average Bonchev–Trinajstić information content (AvgIpc) is 2.27. The highest BCUT2D eigenvalue weighted by Crippen LogP contribution is 2.24. The molecule has 18 heavy (non-hydrogen) atoms. The third kappa shape index (κ3) is 5.02. The number of halogens is 1. The molecule has 0 bridgehead atoms. The van der Waals surface area contributed by atoms with Crippen molar-refractivity contribution in [2.75, 3.05) is 19.8 Å². The summed E-state index contributed by atoms with van der Waals surface area (Å²) in [4.78, 5) is 0. The lowest BCUT2D eigenvalue weighted by atomic mass is 10.1. The molecule has 0 radical (unpaired) electrons. The van der Waals surface area contributed by atoms with Crippen molar-refractivity contribution in [1.29, 1.82) is 0 Å². The first-order valence-electron chi connectivity index (χ1n) is 6.30. The molecule has 0 amide bonds. The molecule has 1 aromatic rings. The molecule has 0 saturated heterocycles. The maximum Gasteiger partial charge on any atom is 0.126 e. The summed E-state index contributed by atoms with van der Waals surface area (Å²) < 4.78 is 18.3. The summed E-state index contributed by atoms with van der Waals surface area (Å²) in [6.45, 7) is 8.21. The van der Waals surface area contributed by atoms with E-state index in [0.29, 0.717) is 24.6 Å². The first-order valence-corrected chi connectivity index (χ1v) is 6.30. The van der Waals surface area contributed by atoms with Crippen LogP contribution in [0.1, 0.15) is 32.4 Å². The van der Waals surface area contributed by atoms with Gasteiger partial charge in [0.15, 0.2) is 0 Å². The Morgan fingerprint density at radius 2 is 2.06 bits per heavy atom. The molecule has 1 atom stereocenters. The topological polar surface area (TPSA) is 41.5 Å². The number of phenols is 1. The fraction of sp³-hybridized carbons (Fsp3) is 0.571. The minimum absolute atomic E-state index is 0.0156. The quantitative estimate of drug-likeness (QED) is 0.736. The van der Waals surface area contributed by atoms with Crippen LogP contribution in [0.5, 0.6) is 5.75 Å². The molecular weight excluding hydrogens is 233 g/mol. The molecule has 102 valence electrons. The Hall–Kier alpha value is -1.13. The van der Waals surface area contributed by atoms with Gasteiger partial charge in [0, 0.05) is 30.8 Å². The van der Waals surface area contributed by atoms with E-state index >= 15 is 0 Å². The van der Waals surface area contributed by atoms with Crippen LogP contribution in [0.3, 0.4) is 0 Å². The SMILES string of the molecule is CC(C)COCCNC(C)c1ccc(F)cc1O. The van der Waals surface area contributed by atoms with Crippen LogP contribution in [0.2, 0.25) is 0 Å². The molecule has 0 aliphatic heterocycles. The summed E-state index contributed by atoms with van der Waals surface area (Å²) in [5, 5.41) is 12.9. The summed E-state index contributed by atoms with van der Waals surface area (Å²) in [7, 11) is 0. The lowest BCUT2D eigenvalue weighted by Crippen LogP contribution is -2.24. The van der Waals surface area contributed by atoms with Crippen LogP contribution in [0.4, 0.5) is 4.39 Å². The zero-order valence-electron chi connectivity index (χ0n) is 11.2. The second-order valence-corrected chi connectivity index (χ2v) is 4.85. The Labute approximate surface area is 108 Å². The van der Waals surface area contributed by atoms with E-state index in [-0.39, 0.29) is 11.8 Å². The predicted octanol–water partition coefficient (Wildman–Crippen LogP) is 2.85. The molecule has 1 aromatic carbocycles. The summed E-state index contributed by atoms with van der Waals surface area (Å²) >= 11 is 0. The van der Waals surface area contributed by atoms with E-state index in [1.807, 2.05) is 6.92 Å². The van der Waals surface area contributed by atoms with E-state index in [4.69, 9.17) is 4.74 Å². The van der Waals surface area contributed by atoms with Crippen molar-refractivity contribution >= 4 is 0 Å². The Kier molecular flexibility index (Phi) is 6.09. The molecule has 0 aliphatic carbocycles. The maximum absolute atomic E-state index is 12.8. The Bertz CT molecular complexity index is 369. The summed E-state index contributed by atoms with van der Waals surface area (Å²) in [6.07, 6.45) is 0. The summed E-state index contributed by atoms with van der Waals surface area (Å²) in [5.74, 6) is 0.0883. The van der Waals surface area contributed by atoms with Gasteiger partial charge in [0.2, 0.25) is 0 Å². The van der Waals surface area contributed by atoms with Gasteiger partial charge in [-0.25, -0.2) is 4.39 Å². The first kappa shape index (κ1) is 14.9. The standard InChI is InChI=1S/C14H22FNO2/c1-10(2)9-18-7-6-16-11(3)13-5-4-12(15)8-14(13)17/h4-5,8,10-11,16-17H,6-7,9H2,1-3H3. The molecule has 0 spiro atoms. The van der Waals surface area contributed by atoms with Crippen LogP contribution < -0.4 is 5.32 Å². The number of aromatic hydroxyl groups is 1. The van der Waals surface area contributed by atoms with Gasteiger partial charge < -0.3 is 15.2 Å². The molecule has 0 fully saturated rings. The number of hydrogen-bond acceptors (Lipinski definition) is 3. The van der Waals surface area contributed by atoms with Crippen molar-refractivity contribution in [1.82, 2.24) is 5.32 Å². The highest BCUT2D eigenvalue weighted by atomic mass is 19.1. The number of ether oxygens (including phenoxy) is 1. The van der Waals surface area contributed by atoms with Crippen LogP contribution in [0, 0.1) is 11.7 Å². The zero-order chi connectivity index (χ0) is 13.5.